The van der Waals surface area contributed by atoms with Crippen LogP contribution in [-0.4, -0.2) is 22.7 Å². The van der Waals surface area contributed by atoms with Gasteiger partial charge in [0.25, 0.3) is 0 Å². The van der Waals surface area contributed by atoms with Crippen LogP contribution in [0.2, 0.25) is 0 Å². The van der Waals surface area contributed by atoms with Gasteiger partial charge in [-0.1, -0.05) is 0 Å². The van der Waals surface area contributed by atoms with Crippen molar-refractivity contribution in [3.05, 3.63) is 35.8 Å². The molecule has 0 radical (unpaired) electrons. The monoisotopic (exact) mass is 257 g/mol. The first-order valence-corrected chi connectivity index (χ1v) is 6.64. The first-order valence-electron chi connectivity index (χ1n) is 6.64. The maximum atomic E-state index is 6.00. The molecule has 100 valence electrons. The molecular formula is C15H19N3O. The summed E-state index contributed by atoms with van der Waals surface area (Å²) < 4.78 is 7.43. The van der Waals surface area contributed by atoms with Crippen LogP contribution in [0.15, 0.2) is 24.4 Å². The van der Waals surface area contributed by atoms with Crippen LogP contribution in [-0.2, 0) is 13.0 Å². The number of hydrogen-bond acceptors (Lipinski definition) is 3. The molecule has 2 heterocycles. The summed E-state index contributed by atoms with van der Waals surface area (Å²) in [6, 6.07) is 6.35. The van der Waals surface area contributed by atoms with E-state index in [4.69, 9.17) is 15.5 Å². The second-order valence-electron chi connectivity index (χ2n) is 5.17. The molecule has 0 fully saturated rings. The molecule has 1 aliphatic heterocycles. The van der Waals surface area contributed by atoms with E-state index in [1.54, 1.807) is 7.11 Å². The van der Waals surface area contributed by atoms with Gasteiger partial charge in [-0.3, -0.25) is 0 Å². The number of ether oxygens (including phenoxy) is 1. The fourth-order valence-corrected chi connectivity index (χ4v) is 2.65. The molecule has 2 aromatic rings. The summed E-state index contributed by atoms with van der Waals surface area (Å²) in [5, 5.41) is 0. The van der Waals surface area contributed by atoms with Crippen LogP contribution < -0.4 is 10.5 Å². The normalized spacial score (nSPS) is 18.2. The van der Waals surface area contributed by atoms with E-state index in [1.165, 1.54) is 5.56 Å². The van der Waals surface area contributed by atoms with E-state index in [1.807, 2.05) is 12.1 Å². The largest absolute Gasteiger partial charge is 0.497 e. The van der Waals surface area contributed by atoms with Gasteiger partial charge in [0.2, 0.25) is 0 Å². The molecule has 0 saturated carbocycles. The highest BCUT2D eigenvalue weighted by Crippen LogP contribution is 2.27. The minimum Gasteiger partial charge on any atom is -0.497 e. The number of fused-ring (bicyclic) bond motifs is 1. The topological polar surface area (TPSA) is 53.1 Å². The fraction of sp³-hybridized carbons (Fsp3) is 0.400. The molecule has 0 saturated heterocycles. The first-order chi connectivity index (χ1) is 9.17. The van der Waals surface area contributed by atoms with Crippen LogP contribution in [0.25, 0.3) is 11.3 Å². The molecule has 1 unspecified atom stereocenters. The first kappa shape index (κ1) is 12.2. The highest BCUT2D eigenvalue weighted by atomic mass is 16.5. The predicted molar refractivity (Wildman–Crippen MR) is 75.2 cm³/mol. The number of methoxy groups -OCH3 is 1. The Kier molecular flexibility index (Phi) is 3.03. The Bertz CT molecular complexity index is 603. The molecule has 4 heteroatoms. The third-order valence-electron chi connectivity index (χ3n) is 3.74. The Labute approximate surface area is 113 Å². The zero-order chi connectivity index (χ0) is 13.4. The summed E-state index contributed by atoms with van der Waals surface area (Å²) in [6.45, 7) is 2.96. The van der Waals surface area contributed by atoms with Crippen LogP contribution in [0, 0.1) is 6.92 Å². The van der Waals surface area contributed by atoms with Gasteiger partial charge < -0.3 is 15.0 Å². The number of aromatic nitrogens is 2. The highest BCUT2D eigenvalue weighted by molar-refractivity contribution is 5.64. The lowest BCUT2D eigenvalue weighted by molar-refractivity contribution is 0.414. The second-order valence-corrected chi connectivity index (χ2v) is 5.17. The molecule has 3 rings (SSSR count). The number of imidazole rings is 1. The highest BCUT2D eigenvalue weighted by Gasteiger charge is 2.18. The number of rotatable bonds is 2. The van der Waals surface area contributed by atoms with Gasteiger partial charge in [-0.15, -0.1) is 0 Å². The van der Waals surface area contributed by atoms with Gasteiger partial charge in [0.15, 0.2) is 0 Å². The third kappa shape index (κ3) is 2.24. The van der Waals surface area contributed by atoms with Crippen molar-refractivity contribution >= 4 is 0 Å². The van der Waals surface area contributed by atoms with Crippen molar-refractivity contribution in [3.8, 4) is 17.0 Å². The van der Waals surface area contributed by atoms with Crippen LogP contribution in [0.1, 0.15) is 17.8 Å². The number of nitrogens with two attached hydrogens (primary N) is 1. The SMILES string of the molecule is COc1ccc(-c2cn3c(n2)CCC(N)C3)c(C)c1. The van der Waals surface area contributed by atoms with E-state index in [-0.39, 0.29) is 6.04 Å². The van der Waals surface area contributed by atoms with Gasteiger partial charge in [-0.25, -0.2) is 4.98 Å². The van der Waals surface area contributed by atoms with Crippen LogP contribution in [0.3, 0.4) is 0 Å². The van der Waals surface area contributed by atoms with E-state index in [9.17, 15) is 0 Å². The Morgan fingerprint density at radius 3 is 3.00 bits per heavy atom. The predicted octanol–water partition coefficient (Wildman–Crippen LogP) is 2.14. The van der Waals surface area contributed by atoms with Gasteiger partial charge in [0, 0.05) is 30.8 Å². The van der Waals surface area contributed by atoms with Gasteiger partial charge in [-0.05, 0) is 37.1 Å². The second kappa shape index (κ2) is 4.70. The fourth-order valence-electron chi connectivity index (χ4n) is 2.65. The molecule has 0 amide bonds. The van der Waals surface area contributed by atoms with Crippen LogP contribution >= 0.6 is 0 Å². The quantitative estimate of drug-likeness (QED) is 0.896. The minimum absolute atomic E-state index is 0.256. The third-order valence-corrected chi connectivity index (χ3v) is 3.74. The maximum absolute atomic E-state index is 6.00. The number of aryl methyl sites for hydroxylation is 2. The smallest absolute Gasteiger partial charge is 0.119 e. The van der Waals surface area contributed by atoms with E-state index in [2.05, 4.69) is 23.8 Å². The van der Waals surface area contributed by atoms with E-state index in [0.29, 0.717) is 0 Å². The van der Waals surface area contributed by atoms with Gasteiger partial charge in [0.1, 0.15) is 11.6 Å². The zero-order valence-corrected chi connectivity index (χ0v) is 11.4. The lowest BCUT2D eigenvalue weighted by Gasteiger charge is -2.19. The number of hydrogen-bond donors (Lipinski definition) is 1. The summed E-state index contributed by atoms with van der Waals surface area (Å²) in [6.07, 6.45) is 4.11. The van der Waals surface area contributed by atoms with Crippen molar-refractivity contribution in [2.45, 2.75) is 32.4 Å². The van der Waals surface area contributed by atoms with Crippen LogP contribution in [0.4, 0.5) is 0 Å². The molecule has 4 nitrogen and oxygen atoms in total. The van der Waals surface area contributed by atoms with E-state index < -0.39 is 0 Å². The number of nitrogens with zero attached hydrogens (tertiary/aromatic N) is 2. The molecule has 1 aliphatic rings. The molecule has 1 aromatic carbocycles. The van der Waals surface area contributed by atoms with Crippen molar-refractivity contribution in [2.75, 3.05) is 7.11 Å². The minimum atomic E-state index is 0.256. The summed E-state index contributed by atoms with van der Waals surface area (Å²) in [4.78, 5) is 4.74. The van der Waals surface area contributed by atoms with Gasteiger partial charge >= 0.3 is 0 Å². The molecular weight excluding hydrogens is 238 g/mol. The summed E-state index contributed by atoms with van der Waals surface area (Å²) in [5.74, 6) is 2.03. The van der Waals surface area contributed by atoms with Crippen molar-refractivity contribution in [1.82, 2.24) is 9.55 Å². The Balaban J connectivity index is 1.99. The van der Waals surface area contributed by atoms with Crippen molar-refractivity contribution in [2.24, 2.45) is 5.73 Å². The van der Waals surface area contributed by atoms with Crippen LogP contribution in [0.5, 0.6) is 5.75 Å². The average molecular weight is 257 g/mol. The summed E-state index contributed by atoms with van der Waals surface area (Å²) in [5.41, 5.74) is 9.37. The lowest BCUT2D eigenvalue weighted by Crippen LogP contribution is -2.31. The van der Waals surface area contributed by atoms with Crippen molar-refractivity contribution in [1.29, 1.82) is 0 Å². The molecule has 0 aliphatic carbocycles. The Morgan fingerprint density at radius 1 is 1.42 bits per heavy atom. The zero-order valence-electron chi connectivity index (χ0n) is 11.4. The molecule has 19 heavy (non-hydrogen) atoms. The molecule has 0 bridgehead atoms. The summed E-state index contributed by atoms with van der Waals surface area (Å²) >= 11 is 0. The average Bonchev–Trinajstić information content (AvgIpc) is 2.81. The Hall–Kier alpha value is -1.81. The number of benzene rings is 1. The Morgan fingerprint density at radius 2 is 2.26 bits per heavy atom. The van der Waals surface area contributed by atoms with Gasteiger partial charge in [0.05, 0.1) is 12.8 Å². The van der Waals surface area contributed by atoms with E-state index in [0.717, 1.165) is 42.2 Å². The molecule has 1 aromatic heterocycles. The molecule has 0 spiro atoms. The maximum Gasteiger partial charge on any atom is 0.119 e. The standard InChI is InChI=1S/C15H19N3O/c1-10-7-12(19-2)4-5-13(10)14-9-18-8-11(16)3-6-15(18)17-14/h4-5,7,9,11H,3,6,8,16H2,1-2H3. The van der Waals surface area contributed by atoms with Crippen molar-refractivity contribution in [3.63, 3.8) is 0 Å². The lowest BCUT2D eigenvalue weighted by atomic mass is 10.1. The summed E-state index contributed by atoms with van der Waals surface area (Å²) in [7, 11) is 1.69. The van der Waals surface area contributed by atoms with E-state index >= 15 is 0 Å². The molecule has 2 N–H and O–H groups in total. The van der Waals surface area contributed by atoms with Gasteiger partial charge in [-0.2, -0.15) is 0 Å². The molecule has 1 atom stereocenters. The van der Waals surface area contributed by atoms with Crippen molar-refractivity contribution < 1.29 is 4.74 Å².